The maximum absolute atomic E-state index is 10.5. The molecule has 2 saturated heterocycles. The average Bonchev–Trinajstić information content (AvgIpc) is 3.02. The third-order valence-corrected chi connectivity index (χ3v) is 3.47. The molecule has 2 aliphatic rings. The standard InChI is InChI=1S/C11H14N2O4/c14-13(15)11-4-2-8(17-11)6-12-9-5-7-1-3-10(9)16-7/h2,4,7,9-10,12H,1,3,5-6H2. The SMILES string of the molecule is O=[N+]([O-])c1ccc(CNC2CC3CCC2O3)o1. The van der Waals surface area contributed by atoms with Crippen molar-refractivity contribution in [2.45, 2.75) is 44.1 Å². The fraction of sp³-hybridized carbons (Fsp3) is 0.636. The maximum atomic E-state index is 10.5. The molecule has 3 atom stereocenters. The minimum absolute atomic E-state index is 0.203. The van der Waals surface area contributed by atoms with E-state index in [-0.39, 0.29) is 5.88 Å². The van der Waals surface area contributed by atoms with Gasteiger partial charge < -0.3 is 14.5 Å². The van der Waals surface area contributed by atoms with Gasteiger partial charge in [0, 0.05) is 6.04 Å². The van der Waals surface area contributed by atoms with Crippen molar-refractivity contribution in [3.05, 3.63) is 28.0 Å². The molecule has 0 saturated carbocycles. The van der Waals surface area contributed by atoms with Crippen molar-refractivity contribution < 1.29 is 14.1 Å². The number of fused-ring (bicyclic) bond motifs is 2. The second-order valence-corrected chi connectivity index (χ2v) is 4.59. The molecule has 1 aromatic heterocycles. The lowest BCUT2D eigenvalue weighted by Gasteiger charge is -2.19. The highest BCUT2D eigenvalue weighted by Crippen LogP contribution is 2.34. The van der Waals surface area contributed by atoms with Gasteiger partial charge in [-0.1, -0.05) is 0 Å². The first kappa shape index (κ1) is 10.7. The summed E-state index contributed by atoms with van der Waals surface area (Å²) >= 11 is 0. The molecule has 1 N–H and O–H groups in total. The summed E-state index contributed by atoms with van der Waals surface area (Å²) in [4.78, 5) is 9.93. The molecule has 2 bridgehead atoms. The highest BCUT2D eigenvalue weighted by Gasteiger charge is 2.40. The van der Waals surface area contributed by atoms with Gasteiger partial charge in [-0.25, -0.2) is 0 Å². The van der Waals surface area contributed by atoms with Crippen LogP contribution in [-0.2, 0) is 11.3 Å². The van der Waals surface area contributed by atoms with E-state index in [9.17, 15) is 10.1 Å². The normalized spacial score (nSPS) is 30.9. The summed E-state index contributed by atoms with van der Waals surface area (Å²) in [5.74, 6) is 0.394. The van der Waals surface area contributed by atoms with E-state index in [2.05, 4.69) is 5.32 Å². The van der Waals surface area contributed by atoms with Gasteiger partial charge in [-0.15, -0.1) is 0 Å². The van der Waals surface area contributed by atoms with E-state index in [1.165, 1.54) is 6.07 Å². The minimum Gasteiger partial charge on any atom is -0.404 e. The Balaban J connectivity index is 1.55. The van der Waals surface area contributed by atoms with Crippen molar-refractivity contribution in [3.63, 3.8) is 0 Å². The van der Waals surface area contributed by atoms with Crippen LogP contribution >= 0.6 is 0 Å². The molecule has 0 aromatic carbocycles. The largest absolute Gasteiger partial charge is 0.433 e. The first-order valence-electron chi connectivity index (χ1n) is 5.84. The summed E-state index contributed by atoms with van der Waals surface area (Å²) in [5, 5.41) is 13.8. The lowest BCUT2D eigenvalue weighted by molar-refractivity contribution is -0.402. The second kappa shape index (κ2) is 4.12. The van der Waals surface area contributed by atoms with Crippen LogP contribution in [0.25, 0.3) is 0 Å². The Kier molecular flexibility index (Phi) is 2.60. The van der Waals surface area contributed by atoms with Crippen LogP contribution in [0.2, 0.25) is 0 Å². The predicted molar refractivity (Wildman–Crippen MR) is 58.5 cm³/mol. The summed E-state index contributed by atoms with van der Waals surface area (Å²) in [5.41, 5.74) is 0. The van der Waals surface area contributed by atoms with Crippen molar-refractivity contribution in [3.8, 4) is 0 Å². The number of nitrogens with one attached hydrogen (secondary N) is 1. The zero-order valence-electron chi connectivity index (χ0n) is 9.30. The summed E-state index contributed by atoms with van der Waals surface area (Å²) in [6, 6.07) is 3.38. The van der Waals surface area contributed by atoms with Gasteiger partial charge in [-0.2, -0.15) is 0 Å². The van der Waals surface area contributed by atoms with Crippen molar-refractivity contribution in [2.24, 2.45) is 0 Å². The fourth-order valence-corrected chi connectivity index (χ4v) is 2.64. The first-order chi connectivity index (χ1) is 8.22. The van der Waals surface area contributed by atoms with Crippen molar-refractivity contribution >= 4 is 5.88 Å². The number of hydrogen-bond donors (Lipinski definition) is 1. The second-order valence-electron chi connectivity index (χ2n) is 4.59. The molecule has 17 heavy (non-hydrogen) atoms. The van der Waals surface area contributed by atoms with Crippen LogP contribution in [0.3, 0.4) is 0 Å². The molecule has 6 heteroatoms. The number of nitrogens with zero attached hydrogens (tertiary/aromatic N) is 1. The van der Waals surface area contributed by atoms with Crippen molar-refractivity contribution in [1.82, 2.24) is 5.32 Å². The highest BCUT2D eigenvalue weighted by molar-refractivity contribution is 5.17. The van der Waals surface area contributed by atoms with E-state index >= 15 is 0 Å². The fourth-order valence-electron chi connectivity index (χ4n) is 2.64. The molecule has 2 aliphatic heterocycles. The summed E-state index contributed by atoms with van der Waals surface area (Å²) < 4.78 is 10.8. The quantitative estimate of drug-likeness (QED) is 0.636. The van der Waals surface area contributed by atoms with Crippen molar-refractivity contribution in [1.29, 1.82) is 0 Å². The molecule has 3 unspecified atom stereocenters. The van der Waals surface area contributed by atoms with E-state index in [1.54, 1.807) is 6.07 Å². The molecule has 1 aromatic rings. The summed E-state index contributed by atoms with van der Waals surface area (Å²) in [7, 11) is 0. The number of ether oxygens (including phenoxy) is 1. The Morgan fingerprint density at radius 3 is 2.94 bits per heavy atom. The Morgan fingerprint density at radius 1 is 1.47 bits per heavy atom. The average molecular weight is 238 g/mol. The Morgan fingerprint density at radius 2 is 2.35 bits per heavy atom. The molecule has 0 aliphatic carbocycles. The molecular formula is C11H14N2O4. The molecule has 0 spiro atoms. The van der Waals surface area contributed by atoms with Gasteiger partial charge in [0.05, 0.1) is 24.8 Å². The van der Waals surface area contributed by atoms with E-state index < -0.39 is 4.92 Å². The van der Waals surface area contributed by atoms with Crippen LogP contribution < -0.4 is 5.32 Å². The van der Waals surface area contributed by atoms with Gasteiger partial charge in [0.1, 0.15) is 10.7 Å². The molecular weight excluding hydrogens is 224 g/mol. The molecule has 3 rings (SSSR count). The zero-order valence-corrected chi connectivity index (χ0v) is 9.30. The van der Waals surface area contributed by atoms with Gasteiger partial charge in [0.15, 0.2) is 0 Å². The zero-order chi connectivity index (χ0) is 11.8. The maximum Gasteiger partial charge on any atom is 0.433 e. The number of hydrogen-bond acceptors (Lipinski definition) is 5. The van der Waals surface area contributed by atoms with Crippen molar-refractivity contribution in [2.75, 3.05) is 0 Å². The number of nitro groups is 1. The van der Waals surface area contributed by atoms with Crippen LogP contribution in [0.4, 0.5) is 5.88 Å². The van der Waals surface area contributed by atoms with Gasteiger partial charge in [0.25, 0.3) is 0 Å². The minimum atomic E-state index is -0.524. The molecule has 6 nitrogen and oxygen atoms in total. The highest BCUT2D eigenvalue weighted by atomic mass is 16.6. The van der Waals surface area contributed by atoms with Gasteiger partial charge in [0.2, 0.25) is 0 Å². The van der Waals surface area contributed by atoms with Gasteiger partial charge >= 0.3 is 5.88 Å². The molecule has 0 amide bonds. The third-order valence-electron chi connectivity index (χ3n) is 3.47. The van der Waals surface area contributed by atoms with Gasteiger partial charge in [-0.05, 0) is 25.3 Å². The predicted octanol–water partition coefficient (Wildman–Crippen LogP) is 1.60. The van der Waals surface area contributed by atoms with Crippen LogP contribution in [0.15, 0.2) is 16.5 Å². The first-order valence-corrected chi connectivity index (χ1v) is 5.84. The lowest BCUT2D eigenvalue weighted by atomic mass is 9.95. The van der Waals surface area contributed by atoms with E-state index in [1.807, 2.05) is 0 Å². The number of furan rings is 1. The monoisotopic (exact) mass is 238 g/mol. The third kappa shape index (κ3) is 2.05. The van der Waals surface area contributed by atoms with E-state index in [0.717, 1.165) is 19.3 Å². The molecule has 3 heterocycles. The number of rotatable bonds is 4. The Hall–Kier alpha value is -1.40. The Bertz CT molecular complexity index is 431. The molecule has 92 valence electrons. The van der Waals surface area contributed by atoms with Crippen LogP contribution in [0, 0.1) is 10.1 Å². The summed E-state index contributed by atoms with van der Waals surface area (Å²) in [6.07, 6.45) is 4.02. The molecule has 0 radical (unpaired) electrons. The lowest BCUT2D eigenvalue weighted by Crippen LogP contribution is -2.36. The topological polar surface area (TPSA) is 77.5 Å². The molecule has 2 fully saturated rings. The van der Waals surface area contributed by atoms with Crippen LogP contribution in [-0.4, -0.2) is 23.2 Å². The van der Waals surface area contributed by atoms with E-state index in [4.69, 9.17) is 9.15 Å². The van der Waals surface area contributed by atoms with Crippen LogP contribution in [0.1, 0.15) is 25.0 Å². The Labute approximate surface area is 98.1 Å². The smallest absolute Gasteiger partial charge is 0.404 e. The van der Waals surface area contributed by atoms with Crippen LogP contribution in [0.5, 0.6) is 0 Å². The van der Waals surface area contributed by atoms with Gasteiger partial charge in [-0.3, -0.25) is 10.1 Å². The van der Waals surface area contributed by atoms with E-state index in [0.29, 0.717) is 30.6 Å². The summed E-state index contributed by atoms with van der Waals surface area (Å²) in [6.45, 7) is 0.519.